The van der Waals surface area contributed by atoms with Crippen molar-refractivity contribution in [3.63, 3.8) is 0 Å². The van der Waals surface area contributed by atoms with Crippen molar-refractivity contribution in [2.24, 2.45) is 20.5 Å². The van der Waals surface area contributed by atoms with Gasteiger partial charge in [-0.2, -0.15) is 42.0 Å². The van der Waals surface area contributed by atoms with Crippen LogP contribution in [0.1, 0.15) is 23.1 Å². The number of phenols is 1. The number of nitrogens with one attached hydrogen (secondary N) is 3. The number of halogens is 1. The van der Waals surface area contributed by atoms with E-state index in [-0.39, 0.29) is 57.7 Å². The van der Waals surface area contributed by atoms with Crippen LogP contribution in [0.4, 0.5) is 51.7 Å². The van der Waals surface area contributed by atoms with Gasteiger partial charge in [0.25, 0.3) is 20.2 Å². The van der Waals surface area contributed by atoms with Crippen molar-refractivity contribution in [3.8, 4) is 5.75 Å². The summed E-state index contributed by atoms with van der Waals surface area (Å²) in [6.07, 6.45) is -0.402. The number of phenolic OH excluding ortho intramolecular Hbond substituents is 1. The Balaban J connectivity index is 1.44. The van der Waals surface area contributed by atoms with Gasteiger partial charge in [-0.15, -0.1) is 10.2 Å². The van der Waals surface area contributed by atoms with Crippen molar-refractivity contribution in [1.29, 1.82) is 0 Å². The van der Waals surface area contributed by atoms with Crippen LogP contribution < -0.4 is 16.0 Å². The van der Waals surface area contributed by atoms with Crippen LogP contribution in [-0.2, 0) is 25.0 Å². The molecule has 6 aromatic rings. The smallest absolute Gasteiger partial charge is 0.305 e. The maximum absolute atomic E-state index is 12.5. The monoisotopic (exact) mass is 860 g/mol. The SMILES string of the molecule is Cc1ccc(N=Nc2cc(S(=O)(=O)O)c(NCCC(=O)O)cc2Nc2nc(Cl)nc(Nc3cc(S(=O)(=O)O)cc4cc(C)c(N=Nc5ccc(C)cc5)c(O)c34)n2)cc1. The van der Waals surface area contributed by atoms with Crippen molar-refractivity contribution in [2.45, 2.75) is 37.0 Å². The molecule has 59 heavy (non-hydrogen) atoms. The van der Waals surface area contributed by atoms with Crippen LogP contribution in [0.2, 0.25) is 5.28 Å². The van der Waals surface area contributed by atoms with E-state index in [2.05, 4.69) is 51.4 Å². The first-order valence-electron chi connectivity index (χ1n) is 17.2. The standard InChI is InChI=1S/C37H33ClN10O9S2/c1-19-4-8-23(9-5-19)45-47-27-18-30(59(55,56)57)28(39-13-12-31(49)50)17-26(27)40-36-42-35(38)43-37(44-36)41-29-16-25(58(52,53)54)15-22-14-21(3)33(34(51)32(22)29)48-46-24-10-6-20(2)7-11-24/h4-11,14-18,39,51H,12-13H2,1-3H3,(H,49,50)(H,52,53,54)(H,55,56,57)(H2,40,41,42,43,44). The maximum Gasteiger partial charge on any atom is 0.305 e. The highest BCUT2D eigenvalue weighted by atomic mass is 35.5. The number of rotatable bonds is 14. The number of aromatic nitrogens is 3. The third-order valence-corrected chi connectivity index (χ3v) is 10.3. The van der Waals surface area contributed by atoms with Gasteiger partial charge in [-0.3, -0.25) is 13.9 Å². The summed E-state index contributed by atoms with van der Waals surface area (Å²) in [7, 11) is -9.69. The number of carboxylic acids is 1. The molecule has 5 aromatic carbocycles. The van der Waals surface area contributed by atoms with E-state index in [1.54, 1.807) is 43.3 Å². The van der Waals surface area contributed by atoms with E-state index in [0.717, 1.165) is 29.3 Å². The number of anilines is 5. The fourth-order valence-electron chi connectivity index (χ4n) is 5.55. The zero-order valence-electron chi connectivity index (χ0n) is 31.1. The third-order valence-electron chi connectivity index (χ3n) is 8.38. The maximum atomic E-state index is 12.5. The lowest BCUT2D eigenvalue weighted by Crippen LogP contribution is -2.12. The number of benzene rings is 5. The number of carbonyl (C=O) groups is 1. The molecule has 0 amide bonds. The van der Waals surface area contributed by atoms with Gasteiger partial charge in [0, 0.05) is 11.9 Å². The summed E-state index contributed by atoms with van der Waals surface area (Å²) in [4.78, 5) is 22.5. The number of hydrogen-bond donors (Lipinski definition) is 7. The lowest BCUT2D eigenvalue weighted by Gasteiger charge is -2.16. The van der Waals surface area contributed by atoms with Gasteiger partial charge < -0.3 is 26.2 Å². The average Bonchev–Trinajstić information content (AvgIpc) is 3.14. The largest absolute Gasteiger partial charge is 0.505 e. The van der Waals surface area contributed by atoms with E-state index < -0.39 is 53.5 Å². The molecule has 0 aliphatic rings. The Hall–Kier alpha value is -6.65. The lowest BCUT2D eigenvalue weighted by molar-refractivity contribution is -0.136. The molecule has 0 atom stereocenters. The fourth-order valence-corrected chi connectivity index (χ4v) is 6.92. The molecule has 0 bridgehead atoms. The summed E-state index contributed by atoms with van der Waals surface area (Å²) < 4.78 is 69.8. The highest BCUT2D eigenvalue weighted by molar-refractivity contribution is 7.86. The van der Waals surface area contributed by atoms with Crippen LogP contribution in [0.25, 0.3) is 10.8 Å². The Morgan fingerprint density at radius 2 is 1.29 bits per heavy atom. The average molecular weight is 861 g/mol. The van der Waals surface area contributed by atoms with Crippen LogP contribution in [-0.4, -0.2) is 63.6 Å². The molecular formula is C37H33ClN10O9S2. The highest BCUT2D eigenvalue weighted by Gasteiger charge is 2.23. The summed E-state index contributed by atoms with van der Waals surface area (Å²) in [5, 5.41) is 45.7. The Labute approximate surface area is 341 Å². The molecule has 0 aliphatic carbocycles. The lowest BCUT2D eigenvalue weighted by atomic mass is 10.0. The predicted octanol–water partition coefficient (Wildman–Crippen LogP) is 9.01. The second kappa shape index (κ2) is 17.1. The van der Waals surface area contributed by atoms with Gasteiger partial charge >= 0.3 is 5.97 Å². The molecule has 1 heterocycles. The Morgan fingerprint density at radius 1 is 0.712 bits per heavy atom. The first kappa shape index (κ1) is 42.0. The summed E-state index contributed by atoms with van der Waals surface area (Å²) in [6, 6.07) is 20.0. The molecule has 0 spiro atoms. The highest BCUT2D eigenvalue weighted by Crippen LogP contribution is 2.44. The number of aryl methyl sites for hydroxylation is 3. The molecule has 7 N–H and O–H groups in total. The van der Waals surface area contributed by atoms with E-state index in [0.29, 0.717) is 16.9 Å². The van der Waals surface area contributed by atoms with Gasteiger partial charge in [-0.05, 0) is 97.9 Å². The molecule has 0 unspecified atom stereocenters. The van der Waals surface area contributed by atoms with Crippen molar-refractivity contribution in [2.75, 3.05) is 22.5 Å². The molecule has 304 valence electrons. The van der Waals surface area contributed by atoms with E-state index in [1.165, 1.54) is 12.1 Å². The van der Waals surface area contributed by atoms with Gasteiger partial charge in [-0.1, -0.05) is 35.4 Å². The first-order valence-corrected chi connectivity index (χ1v) is 20.4. The zero-order valence-corrected chi connectivity index (χ0v) is 33.5. The van der Waals surface area contributed by atoms with Crippen LogP contribution in [0, 0.1) is 20.8 Å². The fraction of sp³-hybridized carbons (Fsp3) is 0.135. The number of fused-ring (bicyclic) bond motifs is 1. The van der Waals surface area contributed by atoms with Crippen molar-refractivity contribution < 1.29 is 40.9 Å². The van der Waals surface area contributed by atoms with E-state index in [1.807, 2.05) is 26.0 Å². The molecule has 1 aromatic heterocycles. The summed E-state index contributed by atoms with van der Waals surface area (Å²) in [5.41, 5.74) is 2.86. The summed E-state index contributed by atoms with van der Waals surface area (Å²) in [5.74, 6) is -2.16. The molecule has 0 fully saturated rings. The minimum Gasteiger partial charge on any atom is -0.505 e. The van der Waals surface area contributed by atoms with Crippen LogP contribution in [0.3, 0.4) is 0 Å². The minimum absolute atomic E-state index is 0.00479. The predicted molar refractivity (Wildman–Crippen MR) is 219 cm³/mol. The molecule has 0 saturated heterocycles. The molecule has 0 aliphatic heterocycles. The number of nitrogens with zero attached hydrogens (tertiary/aromatic N) is 7. The van der Waals surface area contributed by atoms with Crippen LogP contribution >= 0.6 is 11.6 Å². The number of aliphatic carboxylic acids is 1. The number of azo groups is 2. The Morgan fingerprint density at radius 3 is 1.85 bits per heavy atom. The Kier molecular flexibility index (Phi) is 12.1. The quantitative estimate of drug-likeness (QED) is 0.0397. The number of hydrogen-bond acceptors (Lipinski definition) is 16. The topological polar surface area (TPSA) is 290 Å². The van der Waals surface area contributed by atoms with Crippen molar-refractivity contribution >= 4 is 100 Å². The van der Waals surface area contributed by atoms with E-state index in [9.17, 15) is 35.8 Å². The van der Waals surface area contributed by atoms with Gasteiger partial charge in [0.2, 0.25) is 17.2 Å². The van der Waals surface area contributed by atoms with Gasteiger partial charge in [0.15, 0.2) is 5.75 Å². The summed E-state index contributed by atoms with van der Waals surface area (Å²) in [6.45, 7) is 5.18. The number of aromatic hydroxyl groups is 1. The molecule has 22 heteroatoms. The molecule has 19 nitrogen and oxygen atoms in total. The van der Waals surface area contributed by atoms with Gasteiger partial charge in [-0.25, -0.2) is 0 Å². The van der Waals surface area contributed by atoms with Crippen LogP contribution in [0.5, 0.6) is 5.75 Å². The zero-order chi connectivity index (χ0) is 42.6. The second-order valence-electron chi connectivity index (χ2n) is 12.9. The van der Waals surface area contributed by atoms with E-state index in [4.69, 9.17) is 16.7 Å². The normalized spacial score (nSPS) is 12.0. The molecule has 0 saturated carbocycles. The van der Waals surface area contributed by atoms with Crippen molar-refractivity contribution in [1.82, 2.24) is 15.0 Å². The van der Waals surface area contributed by atoms with E-state index >= 15 is 0 Å². The van der Waals surface area contributed by atoms with Crippen molar-refractivity contribution in [3.05, 3.63) is 101 Å². The Bertz CT molecular complexity index is 2900. The third kappa shape index (κ3) is 10.5. The second-order valence-corrected chi connectivity index (χ2v) is 16.1. The molecular weight excluding hydrogens is 828 g/mol. The molecule has 6 rings (SSSR count). The summed E-state index contributed by atoms with van der Waals surface area (Å²) >= 11 is 6.32. The van der Waals surface area contributed by atoms with Gasteiger partial charge in [0.05, 0.1) is 39.8 Å². The number of carboxylic acid groups (broad SMARTS) is 1. The molecule has 0 radical (unpaired) electrons. The van der Waals surface area contributed by atoms with Crippen LogP contribution in [0.15, 0.2) is 109 Å². The van der Waals surface area contributed by atoms with Gasteiger partial charge in [0.1, 0.15) is 16.3 Å². The first-order chi connectivity index (χ1) is 27.8. The minimum atomic E-state index is -4.90.